The number of aryl methyl sites for hydroxylation is 2. The fraction of sp³-hybridized carbons (Fsp3) is 0.156. The number of benzene rings is 4. The summed E-state index contributed by atoms with van der Waals surface area (Å²) in [6.45, 7) is 4.84. The Hall–Kier alpha value is -4.55. The zero-order chi connectivity index (χ0) is 26.6. The highest BCUT2D eigenvalue weighted by Gasteiger charge is 2.13. The number of rotatable bonds is 7. The number of aromatic nitrogens is 2. The van der Waals surface area contributed by atoms with Crippen LogP contribution in [0.5, 0.6) is 0 Å². The maximum absolute atomic E-state index is 12.9. The molecule has 0 radical (unpaired) electrons. The van der Waals surface area contributed by atoms with Crippen LogP contribution in [0.2, 0.25) is 0 Å². The molecule has 1 heterocycles. The molecule has 6 nitrogen and oxygen atoms in total. The van der Waals surface area contributed by atoms with Crippen LogP contribution in [0, 0.1) is 13.8 Å². The number of nitrogens with one attached hydrogen (secondary N) is 2. The van der Waals surface area contributed by atoms with Crippen molar-refractivity contribution in [3.8, 4) is 11.3 Å². The largest absolute Gasteiger partial charge is 0.324 e. The maximum atomic E-state index is 12.9. The number of anilines is 3. The highest BCUT2D eigenvalue weighted by molar-refractivity contribution is 6.05. The zero-order valence-corrected chi connectivity index (χ0v) is 22.1. The summed E-state index contributed by atoms with van der Waals surface area (Å²) in [7, 11) is 4.13. The van der Waals surface area contributed by atoms with Crippen molar-refractivity contribution in [3.05, 3.63) is 113 Å². The molecule has 0 aliphatic carbocycles. The van der Waals surface area contributed by atoms with Crippen LogP contribution < -0.4 is 10.6 Å². The topological polar surface area (TPSA) is 70.2 Å². The highest BCUT2D eigenvalue weighted by Crippen LogP contribution is 2.29. The maximum Gasteiger partial charge on any atom is 0.255 e. The van der Waals surface area contributed by atoms with E-state index in [1.54, 1.807) is 12.1 Å². The van der Waals surface area contributed by atoms with E-state index in [-0.39, 0.29) is 5.91 Å². The summed E-state index contributed by atoms with van der Waals surface area (Å²) in [5.41, 5.74) is 8.31. The number of hydrogen-bond donors (Lipinski definition) is 2. The van der Waals surface area contributed by atoms with Gasteiger partial charge in [-0.2, -0.15) is 0 Å². The predicted molar refractivity (Wildman–Crippen MR) is 156 cm³/mol. The van der Waals surface area contributed by atoms with Crippen LogP contribution in [-0.2, 0) is 6.54 Å². The molecular formula is C32H31N5O. The monoisotopic (exact) mass is 501 g/mol. The Morgan fingerprint density at radius 3 is 2.26 bits per heavy atom. The van der Waals surface area contributed by atoms with Gasteiger partial charge in [0.2, 0.25) is 5.95 Å². The number of amides is 1. The Kier molecular flexibility index (Phi) is 7.15. The fourth-order valence-electron chi connectivity index (χ4n) is 4.57. The molecule has 5 rings (SSSR count). The molecule has 1 amide bonds. The normalized spacial score (nSPS) is 11.1. The van der Waals surface area contributed by atoms with Crippen LogP contribution in [0.4, 0.5) is 17.3 Å². The van der Waals surface area contributed by atoms with Crippen LogP contribution in [-0.4, -0.2) is 34.9 Å². The van der Waals surface area contributed by atoms with E-state index in [0.717, 1.165) is 51.2 Å². The van der Waals surface area contributed by atoms with Gasteiger partial charge in [-0.1, -0.05) is 54.6 Å². The SMILES string of the molecule is Cc1cccc(C)c1NC(=O)c1ccc(Nc2nc(-c3cccc(CN(C)C)c3)c3ccccc3n2)cc1. The third-order valence-electron chi connectivity index (χ3n) is 6.43. The van der Waals surface area contributed by atoms with E-state index in [4.69, 9.17) is 9.97 Å². The minimum Gasteiger partial charge on any atom is -0.324 e. The molecule has 1 aromatic heterocycles. The first-order chi connectivity index (χ1) is 18.4. The molecule has 5 aromatic rings. The lowest BCUT2D eigenvalue weighted by Gasteiger charge is -2.14. The second-order valence-corrected chi connectivity index (χ2v) is 9.77. The number of fused-ring (bicyclic) bond motifs is 1. The van der Waals surface area contributed by atoms with Gasteiger partial charge in [-0.15, -0.1) is 0 Å². The Bertz CT molecular complexity index is 1590. The predicted octanol–water partition coefficient (Wildman–Crippen LogP) is 6.97. The van der Waals surface area contributed by atoms with Crippen molar-refractivity contribution in [3.63, 3.8) is 0 Å². The summed E-state index contributed by atoms with van der Waals surface area (Å²) in [4.78, 5) is 24.7. The number of hydrogen-bond acceptors (Lipinski definition) is 5. The fourth-order valence-corrected chi connectivity index (χ4v) is 4.57. The van der Waals surface area contributed by atoms with Crippen molar-refractivity contribution in [1.82, 2.24) is 14.9 Å². The second-order valence-electron chi connectivity index (χ2n) is 9.77. The first-order valence-electron chi connectivity index (χ1n) is 12.6. The minimum absolute atomic E-state index is 0.143. The van der Waals surface area contributed by atoms with Crippen molar-refractivity contribution < 1.29 is 4.79 Å². The molecule has 0 spiro atoms. The smallest absolute Gasteiger partial charge is 0.255 e. The molecule has 0 atom stereocenters. The van der Waals surface area contributed by atoms with Crippen molar-refractivity contribution in [2.75, 3.05) is 24.7 Å². The Balaban J connectivity index is 1.41. The van der Waals surface area contributed by atoms with Gasteiger partial charge in [0.05, 0.1) is 11.2 Å². The summed E-state index contributed by atoms with van der Waals surface area (Å²) in [6, 6.07) is 29.8. The van der Waals surface area contributed by atoms with Crippen molar-refractivity contribution in [2.24, 2.45) is 0 Å². The van der Waals surface area contributed by atoms with Gasteiger partial charge in [0.15, 0.2) is 0 Å². The molecule has 0 unspecified atom stereocenters. The van der Waals surface area contributed by atoms with Crippen LogP contribution in [0.15, 0.2) is 91.0 Å². The number of nitrogens with zero attached hydrogens (tertiary/aromatic N) is 3. The van der Waals surface area contributed by atoms with E-state index in [0.29, 0.717) is 11.5 Å². The molecule has 4 aromatic carbocycles. The van der Waals surface area contributed by atoms with Gasteiger partial charge in [-0.3, -0.25) is 4.79 Å². The van der Waals surface area contributed by atoms with Crippen LogP contribution in [0.1, 0.15) is 27.0 Å². The summed E-state index contributed by atoms with van der Waals surface area (Å²) in [5.74, 6) is 0.361. The number of carbonyl (C=O) groups excluding carboxylic acids is 1. The summed E-state index contributed by atoms with van der Waals surface area (Å²) in [5, 5.41) is 7.36. The van der Waals surface area contributed by atoms with Crippen LogP contribution >= 0.6 is 0 Å². The Morgan fingerprint density at radius 1 is 0.816 bits per heavy atom. The first kappa shape index (κ1) is 25.1. The lowest BCUT2D eigenvalue weighted by molar-refractivity contribution is 0.102. The third kappa shape index (κ3) is 5.56. The molecule has 0 saturated carbocycles. The van der Waals surface area contributed by atoms with Crippen LogP contribution in [0.25, 0.3) is 22.2 Å². The second kappa shape index (κ2) is 10.8. The standard InChI is InChI=1S/C32H31N5O/c1-21-9-7-10-22(2)29(21)35-31(38)24-15-17-26(18-16-24)33-32-34-28-14-6-5-13-27(28)30(36-32)25-12-8-11-23(19-25)20-37(3)4/h5-19H,20H2,1-4H3,(H,35,38)(H,33,34,36). The summed E-state index contributed by atoms with van der Waals surface area (Å²) < 4.78 is 0. The molecular weight excluding hydrogens is 470 g/mol. The summed E-state index contributed by atoms with van der Waals surface area (Å²) >= 11 is 0. The van der Waals surface area contributed by atoms with E-state index >= 15 is 0 Å². The quantitative estimate of drug-likeness (QED) is 0.252. The van der Waals surface area contributed by atoms with Gasteiger partial charge >= 0.3 is 0 Å². The van der Waals surface area contributed by atoms with Crippen molar-refractivity contribution in [2.45, 2.75) is 20.4 Å². The van der Waals surface area contributed by atoms with Gasteiger partial charge in [0.1, 0.15) is 0 Å². The molecule has 0 aliphatic rings. The molecule has 38 heavy (non-hydrogen) atoms. The number of para-hydroxylation sites is 2. The van der Waals surface area contributed by atoms with Gasteiger partial charge in [0.25, 0.3) is 5.91 Å². The van der Waals surface area contributed by atoms with Crippen molar-refractivity contribution >= 4 is 34.1 Å². The van der Waals surface area contributed by atoms with Gasteiger partial charge < -0.3 is 15.5 Å². The average molecular weight is 502 g/mol. The van der Waals surface area contributed by atoms with Crippen molar-refractivity contribution in [1.29, 1.82) is 0 Å². The van der Waals surface area contributed by atoms with E-state index in [9.17, 15) is 4.79 Å². The Labute approximate surface area is 223 Å². The molecule has 0 bridgehead atoms. The lowest BCUT2D eigenvalue weighted by Crippen LogP contribution is -2.13. The molecule has 0 aliphatic heterocycles. The van der Waals surface area contributed by atoms with Gasteiger partial charge in [-0.25, -0.2) is 9.97 Å². The molecule has 190 valence electrons. The van der Waals surface area contributed by atoms with E-state index in [2.05, 4.69) is 60.0 Å². The third-order valence-corrected chi connectivity index (χ3v) is 6.43. The Morgan fingerprint density at radius 2 is 1.53 bits per heavy atom. The summed E-state index contributed by atoms with van der Waals surface area (Å²) in [6.07, 6.45) is 0. The van der Waals surface area contributed by atoms with E-state index in [1.165, 1.54) is 5.56 Å². The average Bonchev–Trinajstić information content (AvgIpc) is 2.90. The zero-order valence-electron chi connectivity index (χ0n) is 22.1. The molecule has 0 saturated heterocycles. The van der Waals surface area contributed by atoms with E-state index < -0.39 is 0 Å². The minimum atomic E-state index is -0.143. The van der Waals surface area contributed by atoms with Gasteiger partial charge in [0, 0.05) is 34.4 Å². The van der Waals surface area contributed by atoms with E-state index in [1.807, 2.05) is 62.4 Å². The highest BCUT2D eigenvalue weighted by atomic mass is 16.1. The molecule has 6 heteroatoms. The molecule has 0 fully saturated rings. The number of carbonyl (C=O) groups is 1. The first-order valence-corrected chi connectivity index (χ1v) is 12.6. The van der Waals surface area contributed by atoms with Crippen LogP contribution in [0.3, 0.4) is 0 Å². The van der Waals surface area contributed by atoms with Gasteiger partial charge in [-0.05, 0) is 81.0 Å². The molecule has 2 N–H and O–H groups in total. The lowest BCUT2D eigenvalue weighted by atomic mass is 10.0.